The Balaban J connectivity index is 1.49. The number of benzene rings is 1. The SMILES string of the molecule is N=C1CC[C@@H](c2cc(F)cc(F)c2)N1C(=O)NCC12CC(C1)C2. The standard InChI is InChI=1S/C17H19F2N3O/c18-12-3-11(4-13(19)5-12)14-1-2-15(20)22(14)16(23)21-9-17-6-10(7-17)8-17/h3-5,10,14,20H,1-2,6-9H2,(H,21,23)/t10?,14-,17?/m0/s1. The molecule has 5 rings (SSSR count). The molecular weight excluding hydrogens is 300 g/mol. The second kappa shape index (κ2) is 5.01. The fourth-order valence-corrected chi connectivity index (χ4v) is 4.28. The molecule has 0 aromatic heterocycles. The molecule has 1 aromatic carbocycles. The average molecular weight is 319 g/mol. The highest BCUT2D eigenvalue weighted by molar-refractivity contribution is 5.98. The van der Waals surface area contributed by atoms with Crippen LogP contribution >= 0.6 is 0 Å². The molecule has 0 unspecified atom stereocenters. The van der Waals surface area contributed by atoms with E-state index in [4.69, 9.17) is 5.41 Å². The third-order valence-corrected chi connectivity index (χ3v) is 5.53. The molecule has 2 amide bonds. The number of rotatable bonds is 3. The summed E-state index contributed by atoms with van der Waals surface area (Å²) in [6.45, 7) is 0.635. The van der Waals surface area contributed by atoms with Crippen LogP contribution in [0.2, 0.25) is 0 Å². The van der Waals surface area contributed by atoms with Crippen LogP contribution < -0.4 is 5.32 Å². The van der Waals surface area contributed by atoms with Gasteiger partial charge >= 0.3 is 6.03 Å². The van der Waals surface area contributed by atoms with Gasteiger partial charge in [0.05, 0.1) is 6.04 Å². The van der Waals surface area contributed by atoms with E-state index in [2.05, 4.69) is 5.32 Å². The first-order valence-corrected chi connectivity index (χ1v) is 8.06. The van der Waals surface area contributed by atoms with Crippen molar-refractivity contribution in [3.8, 4) is 0 Å². The second-order valence-electron chi connectivity index (χ2n) is 7.21. The van der Waals surface area contributed by atoms with Crippen molar-refractivity contribution in [3.05, 3.63) is 35.4 Å². The van der Waals surface area contributed by atoms with E-state index >= 15 is 0 Å². The number of halogens is 2. The van der Waals surface area contributed by atoms with Crippen molar-refractivity contribution in [2.75, 3.05) is 6.54 Å². The van der Waals surface area contributed by atoms with Crippen molar-refractivity contribution < 1.29 is 13.6 Å². The highest BCUT2D eigenvalue weighted by Crippen LogP contribution is 2.63. The van der Waals surface area contributed by atoms with Crippen molar-refractivity contribution in [1.82, 2.24) is 10.2 Å². The van der Waals surface area contributed by atoms with Gasteiger partial charge in [0.2, 0.25) is 0 Å². The van der Waals surface area contributed by atoms with Gasteiger partial charge in [-0.15, -0.1) is 0 Å². The summed E-state index contributed by atoms with van der Waals surface area (Å²) in [6.07, 6.45) is 4.50. The molecule has 1 heterocycles. The summed E-state index contributed by atoms with van der Waals surface area (Å²) in [7, 11) is 0. The zero-order chi connectivity index (χ0) is 16.2. The highest BCUT2D eigenvalue weighted by atomic mass is 19.1. The molecule has 6 heteroatoms. The van der Waals surface area contributed by atoms with Gasteiger partial charge in [0, 0.05) is 19.0 Å². The molecule has 1 aromatic rings. The Labute approximate surface area is 133 Å². The number of nitrogens with one attached hydrogen (secondary N) is 2. The summed E-state index contributed by atoms with van der Waals surface area (Å²) in [6, 6.07) is 2.51. The molecule has 1 saturated heterocycles. The summed E-state index contributed by atoms with van der Waals surface area (Å²) in [5, 5.41) is 10.9. The lowest BCUT2D eigenvalue weighted by molar-refractivity contribution is -0.101. The summed E-state index contributed by atoms with van der Waals surface area (Å²) in [5.74, 6) is -0.268. The lowest BCUT2D eigenvalue weighted by Gasteiger charge is -2.62. The molecule has 0 radical (unpaired) electrons. The smallest absolute Gasteiger partial charge is 0.323 e. The topological polar surface area (TPSA) is 56.2 Å². The van der Waals surface area contributed by atoms with E-state index in [0.717, 1.165) is 12.0 Å². The minimum Gasteiger partial charge on any atom is -0.337 e. The Morgan fingerprint density at radius 2 is 1.91 bits per heavy atom. The van der Waals surface area contributed by atoms with E-state index in [1.807, 2.05) is 0 Å². The zero-order valence-electron chi connectivity index (χ0n) is 12.7. The second-order valence-corrected chi connectivity index (χ2v) is 7.21. The van der Waals surface area contributed by atoms with Gasteiger partial charge < -0.3 is 5.32 Å². The highest BCUT2D eigenvalue weighted by Gasteiger charge is 2.56. The number of nitrogens with zero attached hydrogens (tertiary/aromatic N) is 1. The van der Waals surface area contributed by atoms with Crippen LogP contribution in [0, 0.1) is 28.4 Å². The summed E-state index contributed by atoms with van der Waals surface area (Å²) >= 11 is 0. The minimum atomic E-state index is -0.660. The molecule has 2 N–H and O–H groups in total. The largest absolute Gasteiger partial charge is 0.337 e. The van der Waals surface area contributed by atoms with Gasteiger partial charge in [0.15, 0.2) is 0 Å². The molecule has 4 fully saturated rings. The Kier molecular flexibility index (Phi) is 3.18. The monoisotopic (exact) mass is 319 g/mol. The zero-order valence-corrected chi connectivity index (χ0v) is 12.7. The van der Waals surface area contributed by atoms with Gasteiger partial charge in [-0.1, -0.05) is 0 Å². The number of likely N-dealkylation sites (tertiary alicyclic amines) is 1. The summed E-state index contributed by atoms with van der Waals surface area (Å²) in [4.78, 5) is 13.8. The third-order valence-electron chi connectivity index (χ3n) is 5.53. The van der Waals surface area contributed by atoms with E-state index in [1.54, 1.807) is 0 Å². The van der Waals surface area contributed by atoms with Crippen molar-refractivity contribution in [1.29, 1.82) is 5.41 Å². The molecule has 1 aliphatic heterocycles. The Morgan fingerprint density at radius 3 is 2.48 bits per heavy atom. The molecular formula is C17H19F2N3O. The van der Waals surface area contributed by atoms with Crippen molar-refractivity contribution >= 4 is 11.9 Å². The Morgan fingerprint density at radius 1 is 1.26 bits per heavy atom. The van der Waals surface area contributed by atoms with Gasteiger partial charge in [-0.3, -0.25) is 10.3 Å². The van der Waals surface area contributed by atoms with Crippen LogP contribution in [0.4, 0.5) is 13.6 Å². The molecule has 23 heavy (non-hydrogen) atoms. The number of urea groups is 1. The quantitative estimate of drug-likeness (QED) is 0.879. The number of hydrogen-bond donors (Lipinski definition) is 2. The van der Waals surface area contributed by atoms with Gasteiger partial charge in [-0.2, -0.15) is 0 Å². The summed E-state index contributed by atoms with van der Waals surface area (Å²) < 4.78 is 26.9. The number of carbonyl (C=O) groups excluding carboxylic acids is 1. The molecule has 4 nitrogen and oxygen atoms in total. The Bertz CT molecular complexity index is 653. The normalized spacial score (nSPS) is 31.6. The van der Waals surface area contributed by atoms with E-state index in [1.165, 1.54) is 36.3 Å². The van der Waals surface area contributed by atoms with Crippen LogP contribution in [0.3, 0.4) is 0 Å². The molecule has 3 saturated carbocycles. The first-order valence-electron chi connectivity index (χ1n) is 8.06. The molecule has 2 bridgehead atoms. The van der Waals surface area contributed by atoms with Crippen LogP contribution in [0.1, 0.15) is 43.7 Å². The predicted octanol–water partition coefficient (Wildman–Crippen LogP) is 3.59. The number of carbonyl (C=O) groups is 1. The number of amidine groups is 1. The van der Waals surface area contributed by atoms with Crippen LogP contribution in [-0.2, 0) is 0 Å². The lowest BCUT2D eigenvalue weighted by Crippen LogP contribution is -2.58. The van der Waals surface area contributed by atoms with Crippen molar-refractivity contribution in [3.63, 3.8) is 0 Å². The molecule has 1 atom stereocenters. The molecule has 0 spiro atoms. The maximum atomic E-state index is 13.5. The van der Waals surface area contributed by atoms with Crippen LogP contribution in [0.25, 0.3) is 0 Å². The van der Waals surface area contributed by atoms with Crippen molar-refractivity contribution in [2.24, 2.45) is 11.3 Å². The number of amides is 2. The van der Waals surface area contributed by atoms with E-state index < -0.39 is 17.7 Å². The minimum absolute atomic E-state index is 0.203. The first kappa shape index (κ1) is 14.6. The van der Waals surface area contributed by atoms with Crippen LogP contribution in [0.5, 0.6) is 0 Å². The third kappa shape index (κ3) is 2.40. The van der Waals surface area contributed by atoms with E-state index in [0.29, 0.717) is 24.9 Å². The lowest BCUT2D eigenvalue weighted by atomic mass is 9.44. The van der Waals surface area contributed by atoms with Gasteiger partial charge in [0.1, 0.15) is 17.5 Å². The molecule has 4 aliphatic rings. The van der Waals surface area contributed by atoms with E-state index in [-0.39, 0.29) is 17.3 Å². The summed E-state index contributed by atoms with van der Waals surface area (Å²) in [5.41, 5.74) is 0.688. The predicted molar refractivity (Wildman–Crippen MR) is 81.1 cm³/mol. The van der Waals surface area contributed by atoms with Gasteiger partial charge in [-0.25, -0.2) is 13.6 Å². The van der Waals surface area contributed by atoms with Crippen LogP contribution in [0.15, 0.2) is 18.2 Å². The maximum Gasteiger partial charge on any atom is 0.323 e. The first-order chi connectivity index (χ1) is 11.0. The Hall–Kier alpha value is -1.98. The van der Waals surface area contributed by atoms with Crippen LogP contribution in [-0.4, -0.2) is 23.3 Å². The fraction of sp³-hybridized carbons (Fsp3) is 0.529. The average Bonchev–Trinajstić information content (AvgIpc) is 2.76. The number of hydrogen-bond acceptors (Lipinski definition) is 2. The van der Waals surface area contributed by atoms with Crippen molar-refractivity contribution in [2.45, 2.75) is 38.1 Å². The maximum absolute atomic E-state index is 13.5. The van der Waals surface area contributed by atoms with Gasteiger partial charge in [-0.05, 0) is 54.7 Å². The molecule has 3 aliphatic carbocycles. The fourth-order valence-electron chi connectivity index (χ4n) is 4.28. The van der Waals surface area contributed by atoms with Gasteiger partial charge in [0.25, 0.3) is 0 Å². The van der Waals surface area contributed by atoms with E-state index in [9.17, 15) is 13.6 Å². The molecule has 122 valence electrons.